The fourth-order valence-corrected chi connectivity index (χ4v) is 3.27. The lowest BCUT2D eigenvalue weighted by Crippen LogP contribution is -2.36. The zero-order valence-corrected chi connectivity index (χ0v) is 14.0. The maximum Gasteiger partial charge on any atom is 0.0942 e. The molecule has 1 fully saturated rings. The molecule has 0 bridgehead atoms. The Morgan fingerprint density at radius 3 is 2.55 bits per heavy atom. The van der Waals surface area contributed by atoms with E-state index in [2.05, 4.69) is 17.1 Å². The highest BCUT2D eigenvalue weighted by atomic mass is 16.3. The topological polar surface area (TPSA) is 35.5 Å². The Morgan fingerprint density at radius 1 is 1.14 bits per heavy atom. The quantitative estimate of drug-likeness (QED) is 0.651. The first-order valence-corrected chi connectivity index (χ1v) is 9.00. The standard InChI is InChI=1S/C19H32N2O/c1-2-3-12-18(19(22)17-10-5-4-6-11-17)20-13-9-16-21-14-7-8-15-21/h4-6,10-11,18-20,22H,2-3,7-9,12-16H2,1H3. The van der Waals surface area contributed by atoms with E-state index in [0.29, 0.717) is 0 Å². The van der Waals surface area contributed by atoms with Crippen molar-refractivity contribution in [3.63, 3.8) is 0 Å². The molecule has 2 atom stereocenters. The second kappa shape index (κ2) is 9.98. The summed E-state index contributed by atoms with van der Waals surface area (Å²) in [7, 11) is 0. The Morgan fingerprint density at radius 2 is 1.86 bits per heavy atom. The lowest BCUT2D eigenvalue weighted by molar-refractivity contribution is 0.121. The molecular weight excluding hydrogens is 272 g/mol. The average Bonchev–Trinajstić information content (AvgIpc) is 3.08. The van der Waals surface area contributed by atoms with Crippen molar-refractivity contribution in [1.82, 2.24) is 10.2 Å². The molecule has 1 aliphatic rings. The fraction of sp³-hybridized carbons (Fsp3) is 0.684. The Balaban J connectivity index is 1.77. The molecule has 22 heavy (non-hydrogen) atoms. The van der Waals surface area contributed by atoms with E-state index in [4.69, 9.17) is 0 Å². The Labute approximate surface area is 135 Å². The van der Waals surface area contributed by atoms with Crippen LogP contribution < -0.4 is 5.32 Å². The third-order valence-corrected chi connectivity index (χ3v) is 4.65. The zero-order chi connectivity index (χ0) is 15.6. The third kappa shape index (κ3) is 5.71. The SMILES string of the molecule is CCCCC(NCCCN1CCCC1)C(O)c1ccccc1. The van der Waals surface area contributed by atoms with Gasteiger partial charge in [0.25, 0.3) is 0 Å². The van der Waals surface area contributed by atoms with Crippen LogP contribution in [0.5, 0.6) is 0 Å². The molecule has 0 aromatic heterocycles. The Hall–Kier alpha value is -0.900. The van der Waals surface area contributed by atoms with Crippen molar-refractivity contribution in [2.24, 2.45) is 0 Å². The molecular formula is C19H32N2O. The lowest BCUT2D eigenvalue weighted by Gasteiger charge is -2.25. The molecule has 124 valence electrons. The van der Waals surface area contributed by atoms with Gasteiger partial charge in [-0.05, 0) is 57.4 Å². The van der Waals surface area contributed by atoms with Gasteiger partial charge in [-0.25, -0.2) is 0 Å². The van der Waals surface area contributed by atoms with E-state index in [9.17, 15) is 5.11 Å². The molecule has 1 saturated heterocycles. The van der Waals surface area contributed by atoms with Gasteiger partial charge >= 0.3 is 0 Å². The second-order valence-electron chi connectivity index (χ2n) is 6.46. The molecule has 2 unspecified atom stereocenters. The summed E-state index contributed by atoms with van der Waals surface area (Å²) in [5.74, 6) is 0. The predicted molar refractivity (Wildman–Crippen MR) is 93.0 cm³/mol. The van der Waals surface area contributed by atoms with Crippen LogP contribution in [0.4, 0.5) is 0 Å². The minimum atomic E-state index is -0.403. The number of rotatable bonds is 10. The van der Waals surface area contributed by atoms with Crippen molar-refractivity contribution in [1.29, 1.82) is 0 Å². The van der Waals surface area contributed by atoms with Crippen molar-refractivity contribution in [3.05, 3.63) is 35.9 Å². The van der Waals surface area contributed by atoms with Crippen LogP contribution in [0.1, 0.15) is 57.1 Å². The second-order valence-corrected chi connectivity index (χ2v) is 6.46. The van der Waals surface area contributed by atoms with E-state index in [-0.39, 0.29) is 6.04 Å². The van der Waals surface area contributed by atoms with Gasteiger partial charge in [0, 0.05) is 6.04 Å². The summed E-state index contributed by atoms with van der Waals surface area (Å²) in [6.07, 6.45) is 6.86. The molecule has 2 N–H and O–H groups in total. The zero-order valence-electron chi connectivity index (χ0n) is 14.0. The van der Waals surface area contributed by atoms with E-state index < -0.39 is 6.10 Å². The summed E-state index contributed by atoms with van der Waals surface area (Å²) in [4.78, 5) is 2.55. The van der Waals surface area contributed by atoms with Gasteiger partial charge in [-0.1, -0.05) is 50.1 Å². The van der Waals surface area contributed by atoms with E-state index in [1.54, 1.807) is 0 Å². The molecule has 0 radical (unpaired) electrons. The largest absolute Gasteiger partial charge is 0.387 e. The van der Waals surface area contributed by atoms with Crippen LogP contribution in [0.3, 0.4) is 0 Å². The van der Waals surface area contributed by atoms with Crippen molar-refractivity contribution in [2.75, 3.05) is 26.2 Å². The molecule has 1 aliphatic heterocycles. The number of unbranched alkanes of at least 4 members (excludes halogenated alkanes) is 1. The lowest BCUT2D eigenvalue weighted by atomic mass is 9.97. The van der Waals surface area contributed by atoms with Gasteiger partial charge < -0.3 is 15.3 Å². The first kappa shape index (κ1) is 17.5. The van der Waals surface area contributed by atoms with Crippen molar-refractivity contribution in [2.45, 2.75) is 57.6 Å². The molecule has 0 saturated carbocycles. The number of likely N-dealkylation sites (tertiary alicyclic amines) is 1. The van der Waals surface area contributed by atoms with Crippen LogP contribution >= 0.6 is 0 Å². The van der Waals surface area contributed by atoms with Crippen LogP contribution in [0.15, 0.2) is 30.3 Å². The predicted octanol–water partition coefficient (Wildman–Crippen LogP) is 3.35. The van der Waals surface area contributed by atoms with Crippen molar-refractivity contribution in [3.8, 4) is 0 Å². The van der Waals surface area contributed by atoms with Gasteiger partial charge in [-0.3, -0.25) is 0 Å². The van der Waals surface area contributed by atoms with Crippen LogP contribution in [0, 0.1) is 0 Å². The van der Waals surface area contributed by atoms with Crippen LogP contribution in [-0.2, 0) is 0 Å². The van der Waals surface area contributed by atoms with Crippen molar-refractivity contribution < 1.29 is 5.11 Å². The van der Waals surface area contributed by atoms with Gasteiger partial charge in [0.05, 0.1) is 6.10 Å². The summed E-state index contributed by atoms with van der Waals surface area (Å²) in [6.45, 7) is 6.93. The van der Waals surface area contributed by atoms with Crippen LogP contribution in [0.25, 0.3) is 0 Å². The van der Waals surface area contributed by atoms with Gasteiger partial charge in [-0.2, -0.15) is 0 Å². The van der Waals surface area contributed by atoms with Gasteiger partial charge in [0.2, 0.25) is 0 Å². The van der Waals surface area contributed by atoms with E-state index in [1.807, 2.05) is 30.3 Å². The molecule has 1 aromatic carbocycles. The number of hydrogen-bond donors (Lipinski definition) is 2. The molecule has 0 spiro atoms. The summed E-state index contributed by atoms with van der Waals surface area (Å²) in [5, 5.41) is 14.2. The first-order chi connectivity index (χ1) is 10.8. The van der Waals surface area contributed by atoms with Crippen LogP contribution in [0.2, 0.25) is 0 Å². The average molecular weight is 304 g/mol. The van der Waals surface area contributed by atoms with E-state index in [1.165, 1.54) is 45.3 Å². The molecule has 2 rings (SSSR count). The Bertz CT molecular complexity index is 390. The van der Waals surface area contributed by atoms with Gasteiger partial charge in [-0.15, -0.1) is 0 Å². The number of nitrogens with one attached hydrogen (secondary N) is 1. The van der Waals surface area contributed by atoms with E-state index in [0.717, 1.165) is 24.9 Å². The number of hydrogen-bond acceptors (Lipinski definition) is 3. The van der Waals surface area contributed by atoms with Crippen molar-refractivity contribution >= 4 is 0 Å². The maximum absolute atomic E-state index is 10.6. The van der Waals surface area contributed by atoms with E-state index >= 15 is 0 Å². The molecule has 1 aromatic rings. The maximum atomic E-state index is 10.6. The fourth-order valence-electron chi connectivity index (χ4n) is 3.27. The highest BCUT2D eigenvalue weighted by molar-refractivity contribution is 5.18. The summed E-state index contributed by atoms with van der Waals surface area (Å²) in [6, 6.07) is 10.2. The summed E-state index contributed by atoms with van der Waals surface area (Å²) >= 11 is 0. The summed E-state index contributed by atoms with van der Waals surface area (Å²) in [5.41, 5.74) is 1.02. The third-order valence-electron chi connectivity index (χ3n) is 4.65. The van der Waals surface area contributed by atoms with Crippen LogP contribution in [-0.4, -0.2) is 42.2 Å². The molecule has 0 aliphatic carbocycles. The smallest absolute Gasteiger partial charge is 0.0942 e. The molecule has 0 amide bonds. The van der Waals surface area contributed by atoms with Gasteiger partial charge in [0.15, 0.2) is 0 Å². The molecule has 3 heteroatoms. The number of aliphatic hydroxyl groups excluding tert-OH is 1. The number of nitrogens with zero attached hydrogens (tertiary/aromatic N) is 1. The minimum Gasteiger partial charge on any atom is -0.387 e. The number of benzene rings is 1. The highest BCUT2D eigenvalue weighted by Gasteiger charge is 2.19. The highest BCUT2D eigenvalue weighted by Crippen LogP contribution is 2.20. The molecule has 3 nitrogen and oxygen atoms in total. The Kier molecular flexibility index (Phi) is 7.92. The minimum absolute atomic E-state index is 0.168. The first-order valence-electron chi connectivity index (χ1n) is 9.00. The number of aliphatic hydroxyl groups is 1. The monoisotopic (exact) mass is 304 g/mol. The normalized spacial score (nSPS) is 18.5. The molecule has 1 heterocycles. The summed E-state index contributed by atoms with van der Waals surface area (Å²) < 4.78 is 0. The van der Waals surface area contributed by atoms with Gasteiger partial charge in [0.1, 0.15) is 0 Å².